The van der Waals surface area contributed by atoms with Gasteiger partial charge in [-0.25, -0.2) is 4.79 Å². The Balaban J connectivity index is 2.13. The molecule has 0 aromatic carbocycles. The molecule has 0 radical (unpaired) electrons. The van der Waals surface area contributed by atoms with Crippen LogP contribution in [-0.2, 0) is 11.3 Å². The molecular weight excluding hydrogens is 243 g/mol. The minimum absolute atomic E-state index is 0.271. The third-order valence-corrected chi connectivity index (χ3v) is 2.74. The normalized spacial score (nSPS) is 15.7. The minimum atomic E-state index is -1.08. The van der Waals surface area contributed by atoms with E-state index in [0.717, 1.165) is 10.8 Å². The van der Waals surface area contributed by atoms with Crippen LogP contribution in [0.4, 0.5) is 4.39 Å². The Morgan fingerprint density at radius 3 is 2.67 bits per heavy atom. The molecule has 1 amide bonds. The summed E-state index contributed by atoms with van der Waals surface area (Å²) in [6, 6.07) is 0. The molecule has 7 nitrogen and oxygen atoms in total. The maximum atomic E-state index is 13.0. The summed E-state index contributed by atoms with van der Waals surface area (Å²) in [5, 5.41) is 3.09. The van der Waals surface area contributed by atoms with Crippen molar-refractivity contribution < 1.29 is 9.18 Å². The molecule has 18 heavy (non-hydrogen) atoms. The Hall–Kier alpha value is -1.96. The Bertz CT molecular complexity index is 559. The van der Waals surface area contributed by atoms with Crippen molar-refractivity contribution in [1.82, 2.24) is 19.8 Å². The summed E-state index contributed by atoms with van der Waals surface area (Å²) in [6.07, 6.45) is 0.751. The highest BCUT2D eigenvalue weighted by Crippen LogP contribution is 1.95. The van der Waals surface area contributed by atoms with Gasteiger partial charge >= 0.3 is 5.69 Å². The largest absolute Gasteiger partial charge is 0.339 e. The van der Waals surface area contributed by atoms with Gasteiger partial charge in [0.1, 0.15) is 6.54 Å². The van der Waals surface area contributed by atoms with E-state index in [2.05, 4.69) is 5.32 Å². The second-order valence-corrected chi connectivity index (χ2v) is 4.00. The molecule has 8 heteroatoms. The van der Waals surface area contributed by atoms with E-state index in [0.29, 0.717) is 26.2 Å². The molecule has 0 saturated carbocycles. The number of carbonyl (C=O) groups excluding carboxylic acids is 1. The van der Waals surface area contributed by atoms with Gasteiger partial charge in [-0.15, -0.1) is 0 Å². The number of H-pyrrole nitrogens is 1. The van der Waals surface area contributed by atoms with Crippen LogP contribution in [0.15, 0.2) is 15.8 Å². The summed E-state index contributed by atoms with van der Waals surface area (Å²) < 4.78 is 13.9. The first kappa shape index (κ1) is 12.5. The van der Waals surface area contributed by atoms with Crippen LogP contribution >= 0.6 is 0 Å². The van der Waals surface area contributed by atoms with Gasteiger partial charge in [0.2, 0.25) is 11.7 Å². The van der Waals surface area contributed by atoms with Gasteiger partial charge < -0.3 is 10.2 Å². The average Bonchev–Trinajstić information content (AvgIpc) is 2.37. The Morgan fingerprint density at radius 2 is 2.00 bits per heavy atom. The molecule has 1 saturated heterocycles. The molecule has 1 aromatic heterocycles. The fourth-order valence-corrected chi connectivity index (χ4v) is 1.76. The molecule has 0 spiro atoms. The first-order chi connectivity index (χ1) is 8.58. The second-order valence-electron chi connectivity index (χ2n) is 4.00. The highest BCUT2D eigenvalue weighted by molar-refractivity contribution is 5.76. The maximum absolute atomic E-state index is 13.0. The van der Waals surface area contributed by atoms with Crippen LogP contribution in [0.2, 0.25) is 0 Å². The van der Waals surface area contributed by atoms with E-state index in [-0.39, 0.29) is 12.5 Å². The average molecular weight is 256 g/mol. The van der Waals surface area contributed by atoms with Crippen molar-refractivity contribution in [2.45, 2.75) is 6.54 Å². The van der Waals surface area contributed by atoms with Crippen molar-refractivity contribution in [1.29, 1.82) is 0 Å². The number of nitrogens with zero attached hydrogens (tertiary/aromatic N) is 2. The van der Waals surface area contributed by atoms with Gasteiger partial charge in [0, 0.05) is 26.2 Å². The Labute approximate surface area is 101 Å². The van der Waals surface area contributed by atoms with Crippen LogP contribution in [0.5, 0.6) is 0 Å². The van der Waals surface area contributed by atoms with Gasteiger partial charge in [0.25, 0.3) is 5.56 Å². The molecule has 0 aliphatic carbocycles. The van der Waals surface area contributed by atoms with Gasteiger partial charge in [-0.2, -0.15) is 4.39 Å². The molecule has 0 unspecified atom stereocenters. The van der Waals surface area contributed by atoms with Gasteiger partial charge in [0.05, 0.1) is 6.20 Å². The quantitative estimate of drug-likeness (QED) is 0.647. The first-order valence-corrected chi connectivity index (χ1v) is 5.55. The zero-order valence-electron chi connectivity index (χ0n) is 9.61. The number of hydrogen-bond acceptors (Lipinski definition) is 4. The van der Waals surface area contributed by atoms with Crippen molar-refractivity contribution in [3.63, 3.8) is 0 Å². The highest BCUT2D eigenvalue weighted by Gasteiger charge is 2.17. The van der Waals surface area contributed by atoms with Crippen LogP contribution in [0.1, 0.15) is 0 Å². The molecule has 2 N–H and O–H groups in total. The number of carbonyl (C=O) groups is 1. The first-order valence-electron chi connectivity index (χ1n) is 5.55. The van der Waals surface area contributed by atoms with Gasteiger partial charge in [-0.05, 0) is 0 Å². The summed E-state index contributed by atoms with van der Waals surface area (Å²) in [5.74, 6) is -1.35. The van der Waals surface area contributed by atoms with Crippen LogP contribution < -0.4 is 16.6 Å². The molecule has 2 heterocycles. The number of aromatic amines is 1. The lowest BCUT2D eigenvalue weighted by atomic mass is 10.3. The van der Waals surface area contributed by atoms with Gasteiger partial charge in [-0.1, -0.05) is 0 Å². The van der Waals surface area contributed by atoms with Gasteiger partial charge in [0.15, 0.2) is 0 Å². The summed E-state index contributed by atoms with van der Waals surface area (Å²) >= 11 is 0. The van der Waals surface area contributed by atoms with E-state index >= 15 is 0 Å². The summed E-state index contributed by atoms with van der Waals surface area (Å²) in [5.41, 5.74) is -1.87. The third-order valence-electron chi connectivity index (χ3n) is 2.74. The number of nitrogens with one attached hydrogen (secondary N) is 2. The number of amides is 1. The van der Waals surface area contributed by atoms with E-state index in [1.165, 1.54) is 0 Å². The molecule has 2 rings (SSSR count). The fraction of sp³-hybridized carbons (Fsp3) is 0.500. The summed E-state index contributed by atoms with van der Waals surface area (Å²) in [6.45, 7) is 2.23. The van der Waals surface area contributed by atoms with Crippen molar-refractivity contribution in [3.05, 3.63) is 32.9 Å². The van der Waals surface area contributed by atoms with Crippen LogP contribution in [0, 0.1) is 5.82 Å². The SMILES string of the molecule is O=C(Cn1cc(F)c(=O)[nH]c1=O)N1CCNCC1. The van der Waals surface area contributed by atoms with Crippen molar-refractivity contribution in [2.75, 3.05) is 26.2 Å². The molecule has 1 aliphatic heterocycles. The Morgan fingerprint density at radius 1 is 1.33 bits per heavy atom. The molecule has 1 aromatic rings. The predicted octanol–water partition coefficient (Wildman–Crippen LogP) is -1.89. The zero-order valence-corrected chi connectivity index (χ0v) is 9.61. The number of rotatable bonds is 2. The lowest BCUT2D eigenvalue weighted by Gasteiger charge is -2.27. The van der Waals surface area contributed by atoms with Gasteiger partial charge in [-0.3, -0.25) is 19.1 Å². The molecular formula is C10H13FN4O3. The van der Waals surface area contributed by atoms with E-state index in [1.807, 2.05) is 4.98 Å². The molecule has 1 fully saturated rings. The number of piperazine rings is 1. The number of aromatic nitrogens is 2. The third kappa shape index (κ3) is 2.65. The van der Waals surface area contributed by atoms with Crippen molar-refractivity contribution in [3.8, 4) is 0 Å². The summed E-state index contributed by atoms with van der Waals surface area (Å²) in [4.78, 5) is 37.4. The molecule has 98 valence electrons. The molecule has 0 atom stereocenters. The van der Waals surface area contributed by atoms with Crippen LogP contribution in [-0.4, -0.2) is 46.5 Å². The van der Waals surface area contributed by atoms with E-state index in [1.54, 1.807) is 4.90 Å². The topological polar surface area (TPSA) is 87.2 Å². The standard InChI is InChI=1S/C10H13FN4O3/c11-7-5-15(10(18)13-9(7)17)6-8(16)14-3-1-12-2-4-14/h5,12H,1-4,6H2,(H,13,17,18). The minimum Gasteiger partial charge on any atom is -0.339 e. The summed E-state index contributed by atoms with van der Waals surface area (Å²) in [7, 11) is 0. The lowest BCUT2D eigenvalue weighted by molar-refractivity contribution is -0.132. The number of halogens is 1. The molecule has 1 aliphatic rings. The van der Waals surface area contributed by atoms with Crippen molar-refractivity contribution in [2.24, 2.45) is 0 Å². The predicted molar refractivity (Wildman–Crippen MR) is 60.7 cm³/mol. The fourth-order valence-electron chi connectivity index (χ4n) is 1.76. The maximum Gasteiger partial charge on any atom is 0.328 e. The van der Waals surface area contributed by atoms with Crippen LogP contribution in [0.25, 0.3) is 0 Å². The van der Waals surface area contributed by atoms with E-state index in [9.17, 15) is 18.8 Å². The monoisotopic (exact) mass is 256 g/mol. The zero-order chi connectivity index (χ0) is 13.1. The number of hydrogen-bond donors (Lipinski definition) is 2. The lowest BCUT2D eigenvalue weighted by Crippen LogP contribution is -2.48. The van der Waals surface area contributed by atoms with Crippen LogP contribution in [0.3, 0.4) is 0 Å². The van der Waals surface area contributed by atoms with E-state index < -0.39 is 17.1 Å². The second kappa shape index (κ2) is 5.13. The smallest absolute Gasteiger partial charge is 0.328 e. The van der Waals surface area contributed by atoms with Crippen molar-refractivity contribution >= 4 is 5.91 Å². The van der Waals surface area contributed by atoms with E-state index in [4.69, 9.17) is 0 Å². The highest BCUT2D eigenvalue weighted by atomic mass is 19.1. The molecule has 0 bridgehead atoms. The Kier molecular flexibility index (Phi) is 3.56.